The van der Waals surface area contributed by atoms with E-state index in [4.69, 9.17) is 16.3 Å². The molecule has 0 spiro atoms. The average molecular weight is 437 g/mol. The molecule has 0 bridgehead atoms. The summed E-state index contributed by atoms with van der Waals surface area (Å²) in [4.78, 5) is 25.8. The lowest BCUT2D eigenvalue weighted by atomic mass is 10.1. The number of halogens is 1. The topological polar surface area (TPSA) is 78.2 Å². The van der Waals surface area contributed by atoms with Crippen molar-refractivity contribution in [2.24, 2.45) is 0 Å². The van der Waals surface area contributed by atoms with E-state index in [1.54, 1.807) is 22.9 Å². The van der Waals surface area contributed by atoms with Gasteiger partial charge in [0.1, 0.15) is 17.9 Å². The highest BCUT2D eigenvalue weighted by atomic mass is 35.5. The molecule has 0 fully saturated rings. The summed E-state index contributed by atoms with van der Waals surface area (Å²) in [6.45, 7) is 3.57. The first kappa shape index (κ1) is 20.7. The molecule has 0 saturated heterocycles. The largest absolute Gasteiger partial charge is 0.495 e. The van der Waals surface area contributed by atoms with Gasteiger partial charge in [-0.2, -0.15) is 5.10 Å². The lowest BCUT2D eigenvalue weighted by molar-refractivity contribution is -0.116. The van der Waals surface area contributed by atoms with Crippen LogP contribution in [-0.2, 0) is 11.3 Å². The highest BCUT2D eigenvalue weighted by Gasteiger charge is 2.19. The number of hydrogen-bond acceptors (Lipinski definition) is 4. The Bertz CT molecular complexity index is 1340. The summed E-state index contributed by atoms with van der Waals surface area (Å²) in [7, 11) is 1.51. The molecule has 4 rings (SSSR count). The summed E-state index contributed by atoms with van der Waals surface area (Å²) < 4.78 is 8.42. The minimum atomic E-state index is -0.383. The normalized spacial score (nSPS) is 11.0. The molecule has 0 unspecified atom stereocenters. The lowest BCUT2D eigenvalue weighted by Crippen LogP contribution is -2.29. The number of para-hydroxylation sites is 1. The highest BCUT2D eigenvalue weighted by molar-refractivity contribution is 6.31. The maximum absolute atomic E-state index is 12.9. The van der Waals surface area contributed by atoms with Gasteiger partial charge in [-0.3, -0.25) is 14.2 Å². The van der Waals surface area contributed by atoms with Crippen LogP contribution < -0.4 is 15.6 Å². The van der Waals surface area contributed by atoms with E-state index in [2.05, 4.69) is 10.4 Å². The number of methoxy groups -OCH3 is 1. The van der Waals surface area contributed by atoms with Gasteiger partial charge in [-0.15, -0.1) is 0 Å². The zero-order chi connectivity index (χ0) is 22.1. The second kappa shape index (κ2) is 8.28. The predicted molar refractivity (Wildman–Crippen MR) is 121 cm³/mol. The zero-order valence-electron chi connectivity index (χ0n) is 17.3. The fourth-order valence-electron chi connectivity index (χ4n) is 3.68. The maximum atomic E-state index is 12.9. The van der Waals surface area contributed by atoms with Crippen LogP contribution in [-0.4, -0.2) is 27.4 Å². The van der Waals surface area contributed by atoms with E-state index in [0.29, 0.717) is 22.1 Å². The van der Waals surface area contributed by atoms with Crippen molar-refractivity contribution in [3.8, 4) is 11.4 Å². The van der Waals surface area contributed by atoms with Crippen LogP contribution in [0.3, 0.4) is 0 Å². The van der Waals surface area contributed by atoms with Gasteiger partial charge in [0.05, 0.1) is 24.2 Å². The van der Waals surface area contributed by atoms with Crippen LogP contribution in [0.1, 0.15) is 11.3 Å². The van der Waals surface area contributed by atoms with Crippen LogP contribution in [0.15, 0.2) is 59.4 Å². The summed E-state index contributed by atoms with van der Waals surface area (Å²) in [5.41, 5.74) is 3.12. The third kappa shape index (κ3) is 3.92. The van der Waals surface area contributed by atoms with E-state index in [9.17, 15) is 9.59 Å². The van der Waals surface area contributed by atoms with Crippen molar-refractivity contribution in [3.05, 3.63) is 81.2 Å². The number of nitrogens with one attached hydrogen (secondary N) is 1. The van der Waals surface area contributed by atoms with E-state index in [-0.39, 0.29) is 18.0 Å². The SMILES string of the molecule is COc1ccc(Cl)cc1NC(=O)Cn1c(=O)cc(C)c2c(C)nn(-c3ccccc3)c21. The van der Waals surface area contributed by atoms with Crippen molar-refractivity contribution < 1.29 is 9.53 Å². The number of fused-ring (bicyclic) bond motifs is 1. The van der Waals surface area contributed by atoms with Crippen molar-refractivity contribution in [2.75, 3.05) is 12.4 Å². The number of hydrogen-bond donors (Lipinski definition) is 1. The number of carbonyl (C=O) groups excluding carboxylic acids is 1. The van der Waals surface area contributed by atoms with Gasteiger partial charge in [0.2, 0.25) is 5.91 Å². The van der Waals surface area contributed by atoms with E-state index in [0.717, 1.165) is 22.3 Å². The molecule has 2 aromatic heterocycles. The van der Waals surface area contributed by atoms with Crippen LogP contribution in [0.4, 0.5) is 5.69 Å². The molecule has 4 aromatic rings. The molecule has 0 radical (unpaired) electrons. The molecule has 31 heavy (non-hydrogen) atoms. The number of ether oxygens (including phenoxy) is 1. The first-order valence-corrected chi connectivity index (χ1v) is 10.1. The number of benzene rings is 2. The number of pyridine rings is 1. The molecular weight excluding hydrogens is 416 g/mol. The molecule has 2 aromatic carbocycles. The number of aromatic nitrogens is 3. The second-order valence-electron chi connectivity index (χ2n) is 7.18. The fraction of sp³-hybridized carbons (Fsp3) is 0.174. The molecule has 7 nitrogen and oxygen atoms in total. The third-order valence-electron chi connectivity index (χ3n) is 5.03. The standard InChI is InChI=1S/C23H21ClN4O3/c1-14-11-21(30)27(13-20(29)25-18-12-16(24)9-10-19(18)31-3)23-22(14)15(2)26-28(23)17-7-5-4-6-8-17/h4-12H,13H2,1-3H3,(H,25,29). The van der Waals surface area contributed by atoms with Gasteiger partial charge in [-0.25, -0.2) is 4.68 Å². The van der Waals surface area contributed by atoms with Gasteiger partial charge in [0, 0.05) is 16.5 Å². The van der Waals surface area contributed by atoms with Crippen LogP contribution in [0.5, 0.6) is 5.75 Å². The number of aryl methyl sites for hydroxylation is 2. The molecule has 0 aliphatic rings. The Morgan fingerprint density at radius 3 is 2.58 bits per heavy atom. The molecule has 8 heteroatoms. The molecule has 0 aliphatic carbocycles. The van der Waals surface area contributed by atoms with Crippen molar-refractivity contribution in [2.45, 2.75) is 20.4 Å². The minimum Gasteiger partial charge on any atom is -0.495 e. The average Bonchev–Trinajstić information content (AvgIpc) is 3.09. The summed E-state index contributed by atoms with van der Waals surface area (Å²) in [6.07, 6.45) is 0. The zero-order valence-corrected chi connectivity index (χ0v) is 18.1. The number of anilines is 1. The van der Waals surface area contributed by atoms with E-state index >= 15 is 0 Å². The van der Waals surface area contributed by atoms with Gasteiger partial charge in [0.15, 0.2) is 0 Å². The Balaban J connectivity index is 1.80. The number of amides is 1. The Labute approximate surface area is 183 Å². The number of nitrogens with zero attached hydrogens (tertiary/aromatic N) is 3. The smallest absolute Gasteiger partial charge is 0.252 e. The first-order valence-electron chi connectivity index (χ1n) is 9.67. The summed E-state index contributed by atoms with van der Waals surface area (Å²) in [5.74, 6) is 0.0932. The van der Waals surface area contributed by atoms with Crippen molar-refractivity contribution >= 4 is 34.2 Å². The molecule has 1 amide bonds. The second-order valence-corrected chi connectivity index (χ2v) is 7.61. The van der Waals surface area contributed by atoms with Crippen molar-refractivity contribution in [3.63, 3.8) is 0 Å². The molecule has 1 N–H and O–H groups in total. The van der Waals surface area contributed by atoms with Crippen molar-refractivity contribution in [1.29, 1.82) is 0 Å². The quantitative estimate of drug-likeness (QED) is 0.510. The summed E-state index contributed by atoms with van der Waals surface area (Å²) in [5, 5.41) is 8.73. The highest BCUT2D eigenvalue weighted by Crippen LogP contribution is 2.28. The van der Waals surface area contributed by atoms with Crippen LogP contribution in [0.2, 0.25) is 5.02 Å². The molecule has 0 atom stereocenters. The summed E-state index contributed by atoms with van der Waals surface area (Å²) in [6, 6.07) is 16.0. The monoisotopic (exact) mass is 436 g/mol. The minimum absolute atomic E-state index is 0.191. The first-order chi connectivity index (χ1) is 14.9. The number of rotatable bonds is 5. The Kier molecular flexibility index (Phi) is 5.52. The fourth-order valence-corrected chi connectivity index (χ4v) is 3.85. The molecular formula is C23H21ClN4O3. The Morgan fingerprint density at radius 2 is 1.87 bits per heavy atom. The summed E-state index contributed by atoms with van der Waals surface area (Å²) >= 11 is 6.06. The maximum Gasteiger partial charge on any atom is 0.252 e. The Morgan fingerprint density at radius 1 is 1.13 bits per heavy atom. The third-order valence-corrected chi connectivity index (χ3v) is 5.27. The number of carbonyl (C=O) groups is 1. The van der Waals surface area contributed by atoms with Gasteiger partial charge in [-0.1, -0.05) is 29.8 Å². The van der Waals surface area contributed by atoms with Crippen LogP contribution >= 0.6 is 11.6 Å². The molecule has 0 aliphatic heterocycles. The van der Waals surface area contributed by atoms with Gasteiger partial charge in [-0.05, 0) is 49.7 Å². The van der Waals surface area contributed by atoms with Crippen LogP contribution in [0.25, 0.3) is 16.7 Å². The van der Waals surface area contributed by atoms with E-state index in [1.807, 2.05) is 44.2 Å². The van der Waals surface area contributed by atoms with Gasteiger partial charge >= 0.3 is 0 Å². The molecule has 0 saturated carbocycles. The molecule has 158 valence electrons. The lowest BCUT2D eigenvalue weighted by Gasteiger charge is -2.14. The van der Waals surface area contributed by atoms with Crippen LogP contribution in [0, 0.1) is 13.8 Å². The predicted octanol–water partition coefficient (Wildman–Crippen LogP) is 4.10. The van der Waals surface area contributed by atoms with E-state index < -0.39 is 0 Å². The van der Waals surface area contributed by atoms with Gasteiger partial charge < -0.3 is 10.1 Å². The van der Waals surface area contributed by atoms with E-state index in [1.165, 1.54) is 17.7 Å². The van der Waals surface area contributed by atoms with Gasteiger partial charge in [0.25, 0.3) is 5.56 Å². The molecule has 2 heterocycles. The van der Waals surface area contributed by atoms with Crippen molar-refractivity contribution in [1.82, 2.24) is 14.3 Å². The Hall–Kier alpha value is -3.58.